The van der Waals surface area contributed by atoms with Crippen LogP contribution in [-0.2, 0) is 6.54 Å². The maximum absolute atomic E-state index is 12.3. The molecule has 1 amide bonds. The summed E-state index contributed by atoms with van der Waals surface area (Å²) in [4.78, 5) is 16.4. The van der Waals surface area contributed by atoms with E-state index in [1.807, 2.05) is 37.4 Å². The van der Waals surface area contributed by atoms with E-state index in [2.05, 4.69) is 14.9 Å². The van der Waals surface area contributed by atoms with Gasteiger partial charge in [-0.2, -0.15) is 0 Å². The molecule has 0 saturated carbocycles. The maximum atomic E-state index is 12.3. The van der Waals surface area contributed by atoms with Crippen molar-refractivity contribution in [2.45, 2.75) is 20.4 Å². The van der Waals surface area contributed by atoms with Crippen molar-refractivity contribution in [2.75, 3.05) is 5.32 Å². The predicted octanol–water partition coefficient (Wildman–Crippen LogP) is 3.46. The number of nitrogens with one attached hydrogen (secondary N) is 1. The van der Waals surface area contributed by atoms with Crippen molar-refractivity contribution in [2.24, 2.45) is 0 Å². The number of aryl methyl sites for hydroxylation is 1. The summed E-state index contributed by atoms with van der Waals surface area (Å²) in [6, 6.07) is 5.68. The molecule has 3 aromatic heterocycles. The van der Waals surface area contributed by atoms with Crippen LogP contribution in [0.25, 0.3) is 0 Å². The average molecular weight is 301 g/mol. The highest BCUT2D eigenvalue weighted by Gasteiger charge is 2.17. The molecule has 0 spiro atoms. The average Bonchev–Trinajstić information content (AvgIpc) is 3.17. The number of amides is 1. The Hall–Kier alpha value is -2.34. The molecular formula is C15H15N3O2S. The van der Waals surface area contributed by atoms with Gasteiger partial charge in [-0.25, -0.2) is 4.98 Å². The Morgan fingerprint density at radius 2 is 2.33 bits per heavy atom. The summed E-state index contributed by atoms with van der Waals surface area (Å²) in [6.07, 6.45) is 3.32. The van der Waals surface area contributed by atoms with E-state index < -0.39 is 0 Å². The fourth-order valence-electron chi connectivity index (χ4n) is 2.28. The number of carbonyl (C=O) groups is 1. The van der Waals surface area contributed by atoms with Crippen LogP contribution < -0.4 is 5.32 Å². The van der Waals surface area contributed by atoms with Crippen LogP contribution in [0.5, 0.6) is 0 Å². The number of aromatic nitrogens is 2. The first kappa shape index (κ1) is 13.6. The van der Waals surface area contributed by atoms with Crippen LogP contribution >= 0.6 is 11.3 Å². The summed E-state index contributed by atoms with van der Waals surface area (Å²) < 4.78 is 7.44. The Morgan fingerprint density at radius 1 is 1.48 bits per heavy atom. The van der Waals surface area contributed by atoms with E-state index in [0.29, 0.717) is 17.2 Å². The van der Waals surface area contributed by atoms with E-state index >= 15 is 0 Å². The van der Waals surface area contributed by atoms with Crippen molar-refractivity contribution in [3.05, 3.63) is 58.8 Å². The highest BCUT2D eigenvalue weighted by molar-refractivity contribution is 7.13. The minimum atomic E-state index is -0.135. The van der Waals surface area contributed by atoms with Gasteiger partial charge in [0.15, 0.2) is 5.13 Å². The van der Waals surface area contributed by atoms with Crippen molar-refractivity contribution in [3.63, 3.8) is 0 Å². The predicted molar refractivity (Wildman–Crippen MR) is 81.8 cm³/mol. The lowest BCUT2D eigenvalue weighted by molar-refractivity contribution is 0.102. The van der Waals surface area contributed by atoms with Gasteiger partial charge < -0.3 is 8.98 Å². The number of thiazole rings is 1. The first-order valence-corrected chi connectivity index (χ1v) is 7.43. The molecule has 3 heterocycles. The number of rotatable bonds is 4. The van der Waals surface area contributed by atoms with E-state index in [1.54, 1.807) is 12.5 Å². The van der Waals surface area contributed by atoms with E-state index in [1.165, 1.54) is 11.3 Å². The highest BCUT2D eigenvalue weighted by Crippen LogP contribution is 2.19. The normalized spacial score (nSPS) is 10.8. The van der Waals surface area contributed by atoms with Crippen LogP contribution in [0.1, 0.15) is 27.5 Å². The molecule has 5 nitrogen and oxygen atoms in total. The minimum absolute atomic E-state index is 0.135. The van der Waals surface area contributed by atoms with Crippen molar-refractivity contribution in [3.8, 4) is 0 Å². The number of nitrogens with zero attached hydrogens (tertiary/aromatic N) is 2. The molecule has 0 aliphatic carbocycles. The Labute approximate surface area is 126 Å². The molecule has 108 valence electrons. The molecule has 3 aromatic rings. The summed E-state index contributed by atoms with van der Waals surface area (Å²) in [7, 11) is 0. The molecule has 6 heteroatoms. The second kappa shape index (κ2) is 5.57. The standard InChI is InChI=1S/C15H15N3O2S/c1-10-8-13(14(19)17-15-16-5-7-21-15)11(2)18(10)9-12-4-3-6-20-12/h3-8H,9H2,1-2H3,(H,16,17,19). The second-order valence-electron chi connectivity index (χ2n) is 4.74. The summed E-state index contributed by atoms with van der Waals surface area (Å²) in [5.41, 5.74) is 2.60. The first-order valence-electron chi connectivity index (χ1n) is 6.55. The van der Waals surface area contributed by atoms with Crippen molar-refractivity contribution < 1.29 is 9.21 Å². The lowest BCUT2D eigenvalue weighted by Gasteiger charge is -2.07. The van der Waals surface area contributed by atoms with E-state index in [4.69, 9.17) is 4.42 Å². The van der Waals surface area contributed by atoms with Gasteiger partial charge in [0.1, 0.15) is 5.76 Å². The minimum Gasteiger partial charge on any atom is -0.467 e. The van der Waals surface area contributed by atoms with Gasteiger partial charge in [-0.3, -0.25) is 10.1 Å². The van der Waals surface area contributed by atoms with Crippen LogP contribution in [0.3, 0.4) is 0 Å². The molecule has 0 unspecified atom stereocenters. The van der Waals surface area contributed by atoms with E-state index in [0.717, 1.165) is 17.1 Å². The van der Waals surface area contributed by atoms with Crippen LogP contribution in [0.4, 0.5) is 5.13 Å². The maximum Gasteiger partial charge on any atom is 0.259 e. The molecule has 0 saturated heterocycles. The number of anilines is 1. The zero-order valence-electron chi connectivity index (χ0n) is 11.8. The SMILES string of the molecule is Cc1cc(C(=O)Nc2nccs2)c(C)n1Cc1ccco1. The van der Waals surface area contributed by atoms with Crippen molar-refractivity contribution in [1.82, 2.24) is 9.55 Å². The van der Waals surface area contributed by atoms with Gasteiger partial charge in [0.05, 0.1) is 18.4 Å². The molecule has 0 radical (unpaired) electrons. The van der Waals surface area contributed by atoms with Gasteiger partial charge in [0.25, 0.3) is 5.91 Å². The molecule has 0 aromatic carbocycles. The molecule has 21 heavy (non-hydrogen) atoms. The van der Waals surface area contributed by atoms with E-state index in [-0.39, 0.29) is 5.91 Å². The fraction of sp³-hybridized carbons (Fsp3) is 0.200. The lowest BCUT2D eigenvalue weighted by Crippen LogP contribution is -2.13. The van der Waals surface area contributed by atoms with Crippen LogP contribution in [0.2, 0.25) is 0 Å². The largest absolute Gasteiger partial charge is 0.467 e. The zero-order chi connectivity index (χ0) is 14.8. The smallest absolute Gasteiger partial charge is 0.259 e. The summed E-state index contributed by atoms with van der Waals surface area (Å²) in [6.45, 7) is 4.54. The second-order valence-corrected chi connectivity index (χ2v) is 5.64. The number of furan rings is 1. The molecular weight excluding hydrogens is 286 g/mol. The number of hydrogen-bond donors (Lipinski definition) is 1. The van der Waals surface area contributed by atoms with Gasteiger partial charge in [-0.1, -0.05) is 0 Å². The van der Waals surface area contributed by atoms with Crippen molar-refractivity contribution in [1.29, 1.82) is 0 Å². The Balaban J connectivity index is 1.85. The summed E-state index contributed by atoms with van der Waals surface area (Å²) >= 11 is 1.40. The summed E-state index contributed by atoms with van der Waals surface area (Å²) in [5, 5.41) is 5.25. The van der Waals surface area contributed by atoms with E-state index in [9.17, 15) is 4.79 Å². The van der Waals surface area contributed by atoms with Gasteiger partial charge in [-0.05, 0) is 32.0 Å². The third-order valence-corrected chi connectivity index (χ3v) is 4.05. The zero-order valence-corrected chi connectivity index (χ0v) is 12.6. The monoisotopic (exact) mass is 301 g/mol. The van der Waals surface area contributed by atoms with Gasteiger partial charge >= 0.3 is 0 Å². The van der Waals surface area contributed by atoms with Gasteiger partial charge in [0.2, 0.25) is 0 Å². The molecule has 0 aliphatic heterocycles. The van der Waals surface area contributed by atoms with Crippen LogP contribution in [0, 0.1) is 13.8 Å². The van der Waals surface area contributed by atoms with Crippen molar-refractivity contribution >= 4 is 22.4 Å². The lowest BCUT2D eigenvalue weighted by atomic mass is 10.2. The van der Waals surface area contributed by atoms with Crippen LogP contribution in [0.15, 0.2) is 40.5 Å². The Bertz CT molecular complexity index is 742. The summed E-state index contributed by atoms with van der Waals surface area (Å²) in [5.74, 6) is 0.729. The third-order valence-electron chi connectivity index (χ3n) is 3.37. The fourth-order valence-corrected chi connectivity index (χ4v) is 2.81. The molecule has 0 aliphatic rings. The first-order chi connectivity index (χ1) is 10.1. The highest BCUT2D eigenvalue weighted by atomic mass is 32.1. The molecule has 0 fully saturated rings. The molecule has 1 N–H and O–H groups in total. The Kier molecular flexibility index (Phi) is 3.62. The third kappa shape index (κ3) is 2.75. The molecule has 3 rings (SSSR count). The molecule has 0 atom stereocenters. The van der Waals surface area contributed by atoms with Gasteiger partial charge in [0, 0.05) is 23.0 Å². The Morgan fingerprint density at radius 3 is 3.00 bits per heavy atom. The quantitative estimate of drug-likeness (QED) is 0.803. The number of carbonyl (C=O) groups excluding carboxylic acids is 1. The number of hydrogen-bond acceptors (Lipinski definition) is 4. The molecule has 0 bridgehead atoms. The van der Waals surface area contributed by atoms with Crippen LogP contribution in [-0.4, -0.2) is 15.5 Å². The topological polar surface area (TPSA) is 60.1 Å². The van der Waals surface area contributed by atoms with Gasteiger partial charge in [-0.15, -0.1) is 11.3 Å².